The molecule has 0 spiro atoms. The molecule has 0 aliphatic rings. The third-order valence-electron chi connectivity index (χ3n) is 6.46. The molecule has 0 radical (unpaired) electrons. The van der Waals surface area contributed by atoms with Crippen molar-refractivity contribution in [1.29, 1.82) is 0 Å². The Balaban J connectivity index is 2.08. The molecular weight excluding hydrogens is 442 g/mol. The van der Waals surface area contributed by atoms with Gasteiger partial charge in [0.1, 0.15) is 6.33 Å². The molecule has 5 heteroatoms. The van der Waals surface area contributed by atoms with Gasteiger partial charge in [-0.25, -0.2) is 24.9 Å². The van der Waals surface area contributed by atoms with E-state index in [1.165, 1.54) is 22.3 Å². The third kappa shape index (κ3) is 6.13. The molecule has 0 fully saturated rings. The second-order valence-corrected chi connectivity index (χ2v) is 10.7. The Morgan fingerprint density at radius 1 is 0.556 bits per heavy atom. The van der Waals surface area contributed by atoms with Crippen molar-refractivity contribution in [2.45, 2.75) is 92.9 Å². The summed E-state index contributed by atoms with van der Waals surface area (Å²) in [6, 6.07) is 12.9. The van der Waals surface area contributed by atoms with Gasteiger partial charge in [-0.05, 0) is 59.8 Å². The summed E-state index contributed by atoms with van der Waals surface area (Å²) in [7, 11) is 0. The molecule has 5 nitrogen and oxygen atoms in total. The van der Waals surface area contributed by atoms with Gasteiger partial charge in [0.05, 0.1) is 22.8 Å². The Morgan fingerprint density at radius 3 is 1.14 bits per heavy atom. The van der Waals surface area contributed by atoms with E-state index in [1.807, 2.05) is 13.8 Å². The zero-order chi connectivity index (χ0) is 26.6. The number of aromatic nitrogens is 3. The summed E-state index contributed by atoms with van der Waals surface area (Å²) in [6.07, 6.45) is 1.56. The summed E-state index contributed by atoms with van der Waals surface area (Å²) in [5, 5.41) is 0. The quantitative estimate of drug-likeness (QED) is 0.301. The van der Waals surface area contributed by atoms with E-state index in [9.17, 15) is 0 Å². The van der Waals surface area contributed by atoms with Crippen LogP contribution in [0.1, 0.15) is 127 Å². The first kappa shape index (κ1) is 27.4. The second-order valence-electron chi connectivity index (χ2n) is 10.7. The molecule has 0 saturated heterocycles. The van der Waals surface area contributed by atoms with Crippen molar-refractivity contribution in [3.8, 4) is 0 Å². The highest BCUT2D eigenvalue weighted by atomic mass is 15.0. The van der Waals surface area contributed by atoms with Crippen molar-refractivity contribution in [2.24, 2.45) is 9.98 Å². The van der Waals surface area contributed by atoms with Crippen LogP contribution in [0.4, 0.5) is 11.4 Å². The molecule has 0 N–H and O–H groups in total. The maximum absolute atomic E-state index is 5.05. The van der Waals surface area contributed by atoms with Gasteiger partial charge in [0.15, 0.2) is 11.6 Å². The maximum atomic E-state index is 5.05. The molecule has 0 aliphatic carbocycles. The van der Waals surface area contributed by atoms with Crippen LogP contribution in [-0.4, -0.2) is 26.4 Å². The first-order chi connectivity index (χ1) is 17.0. The lowest BCUT2D eigenvalue weighted by atomic mass is 9.93. The van der Waals surface area contributed by atoms with Crippen LogP contribution in [-0.2, 0) is 0 Å². The summed E-state index contributed by atoms with van der Waals surface area (Å²) in [5.41, 5.74) is 8.54. The number of rotatable bonds is 8. The Morgan fingerprint density at radius 2 is 0.861 bits per heavy atom. The third-order valence-corrected chi connectivity index (χ3v) is 6.46. The number of aliphatic imine (C=N–C) groups is 2. The molecule has 0 atom stereocenters. The summed E-state index contributed by atoms with van der Waals surface area (Å²) in [5.74, 6) is 2.63. The van der Waals surface area contributed by atoms with E-state index >= 15 is 0 Å². The molecule has 190 valence electrons. The van der Waals surface area contributed by atoms with Crippen LogP contribution in [0.3, 0.4) is 0 Å². The van der Waals surface area contributed by atoms with Crippen molar-refractivity contribution in [3.05, 3.63) is 76.6 Å². The lowest BCUT2D eigenvalue weighted by molar-refractivity contribution is 0.834. The molecule has 3 rings (SSSR count). The van der Waals surface area contributed by atoms with Gasteiger partial charge in [-0.15, -0.1) is 0 Å². The first-order valence-corrected chi connectivity index (χ1v) is 13.1. The van der Waals surface area contributed by atoms with Crippen LogP contribution in [0.5, 0.6) is 0 Å². The van der Waals surface area contributed by atoms with Crippen LogP contribution in [0.2, 0.25) is 0 Å². The fourth-order valence-electron chi connectivity index (χ4n) is 4.36. The van der Waals surface area contributed by atoms with E-state index in [-0.39, 0.29) is 0 Å². The molecule has 36 heavy (non-hydrogen) atoms. The highest BCUT2D eigenvalue weighted by Gasteiger charge is 2.17. The zero-order valence-corrected chi connectivity index (χ0v) is 23.6. The normalized spacial score (nSPS) is 12.9. The van der Waals surface area contributed by atoms with Crippen LogP contribution in [0.25, 0.3) is 0 Å². The molecule has 3 aromatic rings. The second kappa shape index (κ2) is 11.7. The zero-order valence-electron chi connectivity index (χ0n) is 23.6. The van der Waals surface area contributed by atoms with Gasteiger partial charge in [0.25, 0.3) is 0 Å². The van der Waals surface area contributed by atoms with E-state index in [1.54, 1.807) is 6.33 Å². The van der Waals surface area contributed by atoms with Crippen molar-refractivity contribution in [2.75, 3.05) is 0 Å². The SMILES string of the molecule is CC(=Nc1c(C(C)C)cccc1C(C)C)c1ncnc(C(C)=Nc2c(C(C)C)cccc2C(C)C)n1. The molecule has 0 bridgehead atoms. The summed E-state index contributed by atoms with van der Waals surface area (Å²) in [6.45, 7) is 21.6. The molecule has 0 amide bonds. The van der Waals surface area contributed by atoms with Gasteiger partial charge in [-0.3, -0.25) is 0 Å². The molecule has 2 aromatic carbocycles. The van der Waals surface area contributed by atoms with E-state index in [4.69, 9.17) is 15.0 Å². The highest BCUT2D eigenvalue weighted by molar-refractivity contribution is 6.00. The fraction of sp³-hybridized carbons (Fsp3) is 0.452. The highest BCUT2D eigenvalue weighted by Crippen LogP contribution is 2.36. The van der Waals surface area contributed by atoms with Gasteiger partial charge in [0.2, 0.25) is 0 Å². The molecule has 0 unspecified atom stereocenters. The predicted octanol–water partition coefficient (Wildman–Crippen LogP) is 8.65. The Bertz CT molecular complexity index is 1120. The van der Waals surface area contributed by atoms with Gasteiger partial charge in [0, 0.05) is 0 Å². The van der Waals surface area contributed by atoms with Gasteiger partial charge >= 0.3 is 0 Å². The van der Waals surface area contributed by atoms with Crippen molar-refractivity contribution < 1.29 is 0 Å². The molecule has 0 aliphatic heterocycles. The number of hydrogen-bond acceptors (Lipinski definition) is 5. The average molecular weight is 484 g/mol. The van der Waals surface area contributed by atoms with E-state index in [0.717, 1.165) is 22.8 Å². The standard InChI is InChI=1S/C31H41N5/c1-18(2)24-13-11-14-25(19(3)4)28(24)34-22(9)30-32-17-33-31(36-30)23(10)35-29-26(20(5)6)15-12-16-27(29)21(7)8/h11-21H,1-10H3. The summed E-state index contributed by atoms with van der Waals surface area (Å²) < 4.78 is 0. The Kier molecular flexibility index (Phi) is 8.89. The summed E-state index contributed by atoms with van der Waals surface area (Å²) >= 11 is 0. The largest absolute Gasteiger partial charge is 0.249 e. The number of hydrogen-bond donors (Lipinski definition) is 0. The van der Waals surface area contributed by atoms with Crippen LogP contribution >= 0.6 is 0 Å². The minimum atomic E-state index is 0.370. The van der Waals surface area contributed by atoms with E-state index < -0.39 is 0 Å². The van der Waals surface area contributed by atoms with Crippen molar-refractivity contribution in [3.63, 3.8) is 0 Å². The fourth-order valence-corrected chi connectivity index (χ4v) is 4.36. The Labute approximate surface area is 217 Å². The first-order valence-electron chi connectivity index (χ1n) is 13.1. The Hall–Kier alpha value is -3.21. The van der Waals surface area contributed by atoms with Crippen molar-refractivity contribution >= 4 is 22.8 Å². The van der Waals surface area contributed by atoms with Gasteiger partial charge < -0.3 is 0 Å². The van der Waals surface area contributed by atoms with Crippen LogP contribution in [0.15, 0.2) is 52.7 Å². The number of benzene rings is 2. The monoisotopic (exact) mass is 483 g/mol. The van der Waals surface area contributed by atoms with Gasteiger partial charge in [-0.1, -0.05) is 91.8 Å². The predicted molar refractivity (Wildman–Crippen MR) is 153 cm³/mol. The number of para-hydroxylation sites is 2. The van der Waals surface area contributed by atoms with Crippen LogP contribution < -0.4 is 0 Å². The van der Waals surface area contributed by atoms with E-state index in [2.05, 4.69) is 102 Å². The van der Waals surface area contributed by atoms with E-state index in [0.29, 0.717) is 35.3 Å². The minimum Gasteiger partial charge on any atom is -0.249 e. The smallest absolute Gasteiger partial charge is 0.177 e. The topological polar surface area (TPSA) is 63.4 Å². The minimum absolute atomic E-state index is 0.370. The van der Waals surface area contributed by atoms with Crippen molar-refractivity contribution in [1.82, 2.24) is 15.0 Å². The molecule has 1 aromatic heterocycles. The van der Waals surface area contributed by atoms with Gasteiger partial charge in [-0.2, -0.15) is 0 Å². The molecule has 1 heterocycles. The molecule has 0 saturated carbocycles. The number of nitrogens with zero attached hydrogens (tertiary/aromatic N) is 5. The van der Waals surface area contributed by atoms with Crippen LogP contribution in [0, 0.1) is 0 Å². The molecular formula is C31H41N5. The lowest BCUT2D eigenvalue weighted by Crippen LogP contribution is -2.11. The maximum Gasteiger partial charge on any atom is 0.177 e. The average Bonchev–Trinajstić information content (AvgIpc) is 2.83. The summed E-state index contributed by atoms with van der Waals surface area (Å²) in [4.78, 5) is 23.8. The lowest BCUT2D eigenvalue weighted by Gasteiger charge is -2.17.